The molecule has 26 heavy (non-hydrogen) atoms. The van der Waals surface area contributed by atoms with E-state index in [4.69, 9.17) is 9.47 Å². The molecule has 0 aliphatic carbocycles. The molecule has 0 amide bonds. The zero-order valence-corrected chi connectivity index (χ0v) is 16.7. The van der Waals surface area contributed by atoms with Gasteiger partial charge in [-0.1, -0.05) is 34.1 Å². The lowest BCUT2D eigenvalue weighted by atomic mass is 10.1. The molecule has 2 N–H and O–H groups in total. The third-order valence-electron chi connectivity index (χ3n) is 3.87. The summed E-state index contributed by atoms with van der Waals surface area (Å²) in [6.07, 6.45) is 0.577. The fourth-order valence-corrected chi connectivity index (χ4v) is 2.91. The van der Waals surface area contributed by atoms with Gasteiger partial charge in [-0.25, -0.2) is 4.39 Å². The van der Waals surface area contributed by atoms with Crippen LogP contribution in [-0.4, -0.2) is 33.8 Å². The monoisotopic (exact) mass is 423 g/mol. The zero-order chi connectivity index (χ0) is 18.9. The highest BCUT2D eigenvalue weighted by Crippen LogP contribution is 2.33. The first-order valence-corrected chi connectivity index (χ1v) is 8.96. The van der Waals surface area contributed by atoms with Gasteiger partial charge >= 0.3 is 0 Å². The van der Waals surface area contributed by atoms with Gasteiger partial charge in [-0.15, -0.1) is 0 Å². The van der Waals surface area contributed by atoms with E-state index < -0.39 is 0 Å². The summed E-state index contributed by atoms with van der Waals surface area (Å²) in [6, 6.07) is 10.5. The molecule has 140 valence electrons. The molecule has 0 saturated heterocycles. The van der Waals surface area contributed by atoms with Crippen LogP contribution in [0.3, 0.4) is 0 Å². The number of nitrogens with one attached hydrogen (secondary N) is 2. The van der Waals surface area contributed by atoms with Crippen LogP contribution in [0.1, 0.15) is 11.1 Å². The molecule has 0 unspecified atom stereocenters. The summed E-state index contributed by atoms with van der Waals surface area (Å²) in [4.78, 5) is 4.19. The van der Waals surface area contributed by atoms with Crippen LogP contribution in [0, 0.1) is 5.82 Å². The summed E-state index contributed by atoms with van der Waals surface area (Å²) in [7, 11) is 4.90. The maximum atomic E-state index is 13.6. The second kappa shape index (κ2) is 10.0. The summed E-state index contributed by atoms with van der Waals surface area (Å²) in [5.41, 5.74) is 1.68. The van der Waals surface area contributed by atoms with Crippen molar-refractivity contribution in [2.45, 2.75) is 13.0 Å². The largest absolute Gasteiger partial charge is 0.493 e. The van der Waals surface area contributed by atoms with Gasteiger partial charge in [0.25, 0.3) is 0 Å². The highest BCUT2D eigenvalue weighted by molar-refractivity contribution is 9.10. The molecule has 0 heterocycles. The van der Waals surface area contributed by atoms with Crippen molar-refractivity contribution in [3.8, 4) is 11.5 Å². The predicted octanol–water partition coefficient (Wildman–Crippen LogP) is 3.51. The van der Waals surface area contributed by atoms with Crippen molar-refractivity contribution in [1.82, 2.24) is 10.6 Å². The smallest absolute Gasteiger partial charge is 0.191 e. The molecule has 0 fully saturated rings. The number of benzene rings is 2. The van der Waals surface area contributed by atoms with Gasteiger partial charge in [0.1, 0.15) is 5.82 Å². The van der Waals surface area contributed by atoms with Crippen LogP contribution in [0.4, 0.5) is 4.39 Å². The summed E-state index contributed by atoms with van der Waals surface area (Å²) in [6.45, 7) is 1.12. The molecule has 0 atom stereocenters. The summed E-state index contributed by atoms with van der Waals surface area (Å²) in [5.74, 6) is 1.78. The lowest BCUT2D eigenvalue weighted by Crippen LogP contribution is -2.38. The predicted molar refractivity (Wildman–Crippen MR) is 106 cm³/mol. The van der Waals surface area contributed by atoms with Crippen LogP contribution < -0.4 is 20.1 Å². The van der Waals surface area contributed by atoms with Crippen molar-refractivity contribution in [3.05, 3.63) is 57.8 Å². The van der Waals surface area contributed by atoms with E-state index in [9.17, 15) is 4.39 Å². The SMILES string of the molecule is CN=C(NCCc1ccccc1F)NCc1cc(OC)c(OC)cc1Br. The zero-order valence-electron chi connectivity index (χ0n) is 15.1. The maximum absolute atomic E-state index is 13.6. The number of hydrogen-bond donors (Lipinski definition) is 2. The molecular weight excluding hydrogens is 401 g/mol. The van der Waals surface area contributed by atoms with Crippen LogP contribution in [0.5, 0.6) is 11.5 Å². The van der Waals surface area contributed by atoms with E-state index in [0.29, 0.717) is 42.5 Å². The van der Waals surface area contributed by atoms with Crippen molar-refractivity contribution < 1.29 is 13.9 Å². The van der Waals surface area contributed by atoms with E-state index in [1.807, 2.05) is 18.2 Å². The van der Waals surface area contributed by atoms with E-state index in [2.05, 4.69) is 31.6 Å². The van der Waals surface area contributed by atoms with Crippen molar-refractivity contribution in [2.75, 3.05) is 27.8 Å². The average molecular weight is 424 g/mol. The van der Waals surface area contributed by atoms with Gasteiger partial charge in [-0.2, -0.15) is 0 Å². The molecule has 0 spiro atoms. The van der Waals surface area contributed by atoms with Crippen LogP contribution in [-0.2, 0) is 13.0 Å². The molecule has 7 heteroatoms. The van der Waals surface area contributed by atoms with Gasteiger partial charge in [0.15, 0.2) is 17.5 Å². The van der Waals surface area contributed by atoms with E-state index in [1.54, 1.807) is 33.4 Å². The molecule has 2 aromatic rings. The lowest BCUT2D eigenvalue weighted by molar-refractivity contribution is 0.354. The maximum Gasteiger partial charge on any atom is 0.191 e. The molecule has 2 aromatic carbocycles. The van der Waals surface area contributed by atoms with Crippen LogP contribution in [0.25, 0.3) is 0 Å². The topological polar surface area (TPSA) is 54.9 Å². The third-order valence-corrected chi connectivity index (χ3v) is 4.61. The average Bonchev–Trinajstić information content (AvgIpc) is 2.66. The van der Waals surface area contributed by atoms with E-state index in [0.717, 1.165) is 10.0 Å². The van der Waals surface area contributed by atoms with Crippen molar-refractivity contribution >= 4 is 21.9 Å². The molecule has 5 nitrogen and oxygen atoms in total. The number of rotatable bonds is 7. The fourth-order valence-electron chi connectivity index (χ4n) is 2.45. The summed E-state index contributed by atoms with van der Waals surface area (Å²) < 4.78 is 25.2. The Kier molecular flexibility index (Phi) is 7.72. The first-order valence-electron chi connectivity index (χ1n) is 8.17. The number of aliphatic imine (C=N–C) groups is 1. The standard InChI is InChI=1S/C19H23BrFN3O2/c1-22-19(23-9-8-13-6-4-5-7-16(13)21)24-12-14-10-17(25-2)18(26-3)11-15(14)20/h4-7,10-11H,8-9,12H2,1-3H3,(H2,22,23,24). The van der Waals surface area contributed by atoms with E-state index in [1.165, 1.54) is 6.07 Å². The van der Waals surface area contributed by atoms with E-state index in [-0.39, 0.29) is 5.82 Å². The van der Waals surface area contributed by atoms with Crippen LogP contribution in [0.15, 0.2) is 45.9 Å². The number of hydrogen-bond acceptors (Lipinski definition) is 3. The second-order valence-electron chi connectivity index (χ2n) is 5.49. The highest BCUT2D eigenvalue weighted by Gasteiger charge is 2.10. The van der Waals surface area contributed by atoms with Crippen molar-refractivity contribution in [2.24, 2.45) is 4.99 Å². The number of guanidine groups is 1. The molecule has 0 bridgehead atoms. The molecule has 0 aromatic heterocycles. The normalized spacial score (nSPS) is 11.2. The first kappa shape index (κ1) is 20.0. The Hall–Kier alpha value is -2.28. The molecule has 0 aliphatic heterocycles. The van der Waals surface area contributed by atoms with Gasteiger partial charge in [-0.05, 0) is 35.7 Å². The molecular formula is C19H23BrFN3O2. The Morgan fingerprint density at radius 2 is 1.77 bits per heavy atom. The molecule has 0 aliphatic rings. The molecule has 0 saturated carbocycles. The van der Waals surface area contributed by atoms with Gasteiger partial charge in [0, 0.05) is 24.6 Å². The fraction of sp³-hybridized carbons (Fsp3) is 0.316. The number of nitrogens with zero attached hydrogens (tertiary/aromatic N) is 1. The van der Waals surface area contributed by atoms with Gasteiger partial charge in [0.2, 0.25) is 0 Å². The summed E-state index contributed by atoms with van der Waals surface area (Å²) >= 11 is 3.54. The van der Waals surface area contributed by atoms with Crippen LogP contribution in [0.2, 0.25) is 0 Å². The quantitative estimate of drug-likeness (QED) is 0.528. The van der Waals surface area contributed by atoms with Crippen molar-refractivity contribution in [3.63, 3.8) is 0 Å². The Balaban J connectivity index is 1.92. The third kappa shape index (κ3) is 5.36. The summed E-state index contributed by atoms with van der Waals surface area (Å²) in [5, 5.41) is 6.42. The minimum absolute atomic E-state index is 0.188. The van der Waals surface area contributed by atoms with Gasteiger partial charge in [0.05, 0.1) is 14.2 Å². The Morgan fingerprint density at radius 3 is 2.42 bits per heavy atom. The number of halogens is 2. The molecule has 2 rings (SSSR count). The molecule has 0 radical (unpaired) electrons. The van der Waals surface area contributed by atoms with Gasteiger partial charge < -0.3 is 20.1 Å². The highest BCUT2D eigenvalue weighted by atomic mass is 79.9. The minimum Gasteiger partial charge on any atom is -0.493 e. The van der Waals surface area contributed by atoms with Gasteiger partial charge in [-0.3, -0.25) is 4.99 Å². The van der Waals surface area contributed by atoms with Crippen molar-refractivity contribution in [1.29, 1.82) is 0 Å². The second-order valence-corrected chi connectivity index (χ2v) is 6.35. The number of methoxy groups -OCH3 is 2. The first-order chi connectivity index (χ1) is 12.6. The number of ether oxygens (including phenoxy) is 2. The van der Waals surface area contributed by atoms with Crippen LogP contribution >= 0.6 is 15.9 Å². The lowest BCUT2D eigenvalue weighted by Gasteiger charge is -2.15. The Bertz CT molecular complexity index is 768. The van der Waals surface area contributed by atoms with E-state index >= 15 is 0 Å². The minimum atomic E-state index is -0.188. The Morgan fingerprint density at radius 1 is 1.08 bits per heavy atom. The Labute approximate surface area is 161 Å².